The molecule has 156 valence electrons. The van der Waals surface area contributed by atoms with Gasteiger partial charge in [0.2, 0.25) is 12.7 Å². The highest BCUT2D eigenvalue weighted by molar-refractivity contribution is 5.91. The maximum Gasteiger partial charge on any atom is 0.231 e. The number of aromatic nitrogens is 3. The minimum atomic E-state index is 0.0164. The molecule has 8 heteroatoms. The van der Waals surface area contributed by atoms with Gasteiger partial charge in [0.05, 0.1) is 5.69 Å². The van der Waals surface area contributed by atoms with Gasteiger partial charge in [0.15, 0.2) is 17.3 Å². The zero-order valence-electron chi connectivity index (χ0n) is 17.2. The molecular formula is C22H25N5O3. The number of fused-ring (bicyclic) bond motifs is 2. The van der Waals surface area contributed by atoms with Crippen LogP contribution in [0.25, 0.3) is 10.9 Å². The Morgan fingerprint density at radius 3 is 2.83 bits per heavy atom. The van der Waals surface area contributed by atoms with Crippen LogP contribution in [-0.2, 0) is 18.4 Å². The summed E-state index contributed by atoms with van der Waals surface area (Å²) in [6.45, 7) is 4.37. The monoisotopic (exact) mass is 407 g/mol. The second kappa shape index (κ2) is 7.51. The van der Waals surface area contributed by atoms with Crippen LogP contribution in [0.3, 0.4) is 0 Å². The van der Waals surface area contributed by atoms with E-state index in [2.05, 4.69) is 20.3 Å². The van der Waals surface area contributed by atoms with E-state index in [1.54, 1.807) is 0 Å². The summed E-state index contributed by atoms with van der Waals surface area (Å²) in [5.74, 6) is 2.57. The normalized spacial score (nSPS) is 16.3. The molecule has 3 aromatic rings. The molecule has 1 fully saturated rings. The van der Waals surface area contributed by atoms with E-state index in [0.29, 0.717) is 6.54 Å². The SMILES string of the molecule is Cc1nn(C)c2c(N3CCC(C(=O)NCc4ccc5c(c4)OCO5)CC3)nccc12. The van der Waals surface area contributed by atoms with Gasteiger partial charge >= 0.3 is 0 Å². The fraction of sp³-hybridized carbons (Fsp3) is 0.409. The van der Waals surface area contributed by atoms with Crippen molar-refractivity contribution in [2.45, 2.75) is 26.3 Å². The molecule has 0 saturated carbocycles. The summed E-state index contributed by atoms with van der Waals surface area (Å²) < 4.78 is 12.6. The third-order valence-electron chi connectivity index (χ3n) is 5.99. The highest BCUT2D eigenvalue weighted by Gasteiger charge is 2.27. The Morgan fingerprint density at radius 2 is 2.00 bits per heavy atom. The van der Waals surface area contributed by atoms with Crippen molar-refractivity contribution in [3.63, 3.8) is 0 Å². The Hall–Kier alpha value is -3.29. The molecule has 1 amide bonds. The molecule has 8 nitrogen and oxygen atoms in total. The first-order valence-corrected chi connectivity index (χ1v) is 10.3. The molecule has 4 heterocycles. The zero-order chi connectivity index (χ0) is 20.7. The molecule has 30 heavy (non-hydrogen) atoms. The number of ether oxygens (including phenoxy) is 2. The average molecular weight is 407 g/mol. The summed E-state index contributed by atoms with van der Waals surface area (Å²) in [6, 6.07) is 7.78. The van der Waals surface area contributed by atoms with E-state index in [0.717, 1.165) is 65.4 Å². The summed E-state index contributed by atoms with van der Waals surface area (Å²) in [6.07, 6.45) is 3.46. The fourth-order valence-corrected chi connectivity index (χ4v) is 4.35. The molecule has 0 radical (unpaired) electrons. The number of rotatable bonds is 4. The van der Waals surface area contributed by atoms with Crippen LogP contribution in [0.15, 0.2) is 30.5 Å². The van der Waals surface area contributed by atoms with Crippen molar-refractivity contribution in [3.8, 4) is 11.5 Å². The van der Waals surface area contributed by atoms with Gasteiger partial charge in [0, 0.05) is 44.2 Å². The van der Waals surface area contributed by atoms with Crippen LogP contribution in [0.2, 0.25) is 0 Å². The van der Waals surface area contributed by atoms with E-state index in [1.807, 2.05) is 49.1 Å². The Bertz CT molecular complexity index is 1100. The lowest BCUT2D eigenvalue weighted by Crippen LogP contribution is -2.40. The average Bonchev–Trinajstić information content (AvgIpc) is 3.36. The van der Waals surface area contributed by atoms with E-state index in [4.69, 9.17) is 9.47 Å². The standard InChI is InChI=1S/C22H25N5O3/c1-14-17-5-8-23-21(20(17)26(2)25-14)27-9-6-16(7-10-27)22(28)24-12-15-3-4-18-19(11-15)30-13-29-18/h3-5,8,11,16H,6-7,9-10,12-13H2,1-2H3,(H,24,28). The first-order valence-electron chi connectivity index (χ1n) is 10.3. The first kappa shape index (κ1) is 18.7. The van der Waals surface area contributed by atoms with Crippen molar-refractivity contribution in [2.24, 2.45) is 13.0 Å². The van der Waals surface area contributed by atoms with Crippen molar-refractivity contribution in [2.75, 3.05) is 24.8 Å². The van der Waals surface area contributed by atoms with Crippen LogP contribution in [0, 0.1) is 12.8 Å². The van der Waals surface area contributed by atoms with Gasteiger partial charge in [-0.15, -0.1) is 0 Å². The number of pyridine rings is 1. The van der Waals surface area contributed by atoms with Crippen molar-refractivity contribution >= 4 is 22.6 Å². The second-order valence-electron chi connectivity index (χ2n) is 7.91. The summed E-state index contributed by atoms with van der Waals surface area (Å²) >= 11 is 0. The number of hydrogen-bond acceptors (Lipinski definition) is 6. The van der Waals surface area contributed by atoms with E-state index >= 15 is 0 Å². The van der Waals surface area contributed by atoms with Crippen LogP contribution in [0.1, 0.15) is 24.1 Å². The quantitative estimate of drug-likeness (QED) is 0.716. The Balaban J connectivity index is 1.20. The number of hydrogen-bond donors (Lipinski definition) is 1. The Labute approximate surface area is 174 Å². The molecule has 1 saturated heterocycles. The first-order chi connectivity index (χ1) is 14.6. The van der Waals surface area contributed by atoms with Crippen LogP contribution in [0.4, 0.5) is 5.82 Å². The lowest BCUT2D eigenvalue weighted by atomic mass is 9.95. The van der Waals surface area contributed by atoms with Crippen LogP contribution < -0.4 is 19.7 Å². The third-order valence-corrected chi connectivity index (χ3v) is 5.99. The van der Waals surface area contributed by atoms with Crippen molar-refractivity contribution in [3.05, 3.63) is 41.7 Å². The molecule has 0 aliphatic carbocycles. The number of nitrogens with one attached hydrogen (secondary N) is 1. The van der Waals surface area contributed by atoms with Gasteiger partial charge in [-0.05, 0) is 43.5 Å². The maximum absolute atomic E-state index is 12.7. The molecular weight excluding hydrogens is 382 g/mol. The molecule has 2 aromatic heterocycles. The predicted octanol–water partition coefficient (Wildman–Crippen LogP) is 2.54. The van der Waals surface area contributed by atoms with Crippen LogP contribution in [-0.4, -0.2) is 40.6 Å². The maximum atomic E-state index is 12.7. The van der Waals surface area contributed by atoms with Gasteiger partial charge in [-0.3, -0.25) is 9.48 Å². The predicted molar refractivity (Wildman–Crippen MR) is 113 cm³/mol. The molecule has 1 N–H and O–H groups in total. The van der Waals surface area contributed by atoms with Crippen molar-refractivity contribution in [1.82, 2.24) is 20.1 Å². The summed E-state index contributed by atoms with van der Waals surface area (Å²) in [5, 5.41) is 8.74. The van der Waals surface area contributed by atoms with Gasteiger partial charge in [-0.2, -0.15) is 5.10 Å². The molecule has 0 spiro atoms. The number of amides is 1. The minimum absolute atomic E-state index is 0.0164. The summed E-state index contributed by atoms with van der Waals surface area (Å²) in [5.41, 5.74) is 3.07. The molecule has 2 aliphatic heterocycles. The van der Waals surface area contributed by atoms with Gasteiger partial charge in [0.1, 0.15) is 5.52 Å². The fourth-order valence-electron chi connectivity index (χ4n) is 4.35. The van der Waals surface area contributed by atoms with Crippen LogP contribution >= 0.6 is 0 Å². The molecule has 0 bridgehead atoms. The Morgan fingerprint density at radius 1 is 1.20 bits per heavy atom. The zero-order valence-corrected chi connectivity index (χ0v) is 17.2. The van der Waals surface area contributed by atoms with Crippen LogP contribution in [0.5, 0.6) is 11.5 Å². The Kier molecular flexibility index (Phi) is 4.69. The molecule has 2 aliphatic rings. The number of piperidine rings is 1. The van der Waals surface area contributed by atoms with Gasteiger partial charge in [0.25, 0.3) is 0 Å². The van der Waals surface area contributed by atoms with Crippen molar-refractivity contribution in [1.29, 1.82) is 0 Å². The number of carbonyl (C=O) groups excluding carboxylic acids is 1. The molecule has 0 unspecified atom stereocenters. The number of benzene rings is 1. The van der Waals surface area contributed by atoms with Gasteiger partial charge < -0.3 is 19.7 Å². The molecule has 0 atom stereocenters. The smallest absolute Gasteiger partial charge is 0.231 e. The van der Waals surface area contributed by atoms with Gasteiger partial charge in [-0.1, -0.05) is 6.07 Å². The summed E-state index contributed by atoms with van der Waals surface area (Å²) in [7, 11) is 1.96. The summed E-state index contributed by atoms with van der Waals surface area (Å²) in [4.78, 5) is 19.6. The topological polar surface area (TPSA) is 81.5 Å². The van der Waals surface area contributed by atoms with Gasteiger partial charge in [-0.25, -0.2) is 4.98 Å². The third kappa shape index (κ3) is 3.32. The van der Waals surface area contributed by atoms with E-state index in [9.17, 15) is 4.79 Å². The highest BCUT2D eigenvalue weighted by atomic mass is 16.7. The number of anilines is 1. The van der Waals surface area contributed by atoms with Crippen molar-refractivity contribution < 1.29 is 14.3 Å². The van der Waals surface area contributed by atoms with E-state index in [1.165, 1.54) is 0 Å². The van der Waals surface area contributed by atoms with E-state index in [-0.39, 0.29) is 18.6 Å². The minimum Gasteiger partial charge on any atom is -0.454 e. The molecule has 5 rings (SSSR count). The lowest BCUT2D eigenvalue weighted by Gasteiger charge is -2.32. The lowest BCUT2D eigenvalue weighted by molar-refractivity contribution is -0.125. The highest BCUT2D eigenvalue weighted by Crippen LogP contribution is 2.33. The number of carbonyl (C=O) groups is 1. The number of aryl methyl sites for hydroxylation is 2. The molecule has 1 aromatic carbocycles. The number of nitrogens with zero attached hydrogens (tertiary/aromatic N) is 4. The van der Waals surface area contributed by atoms with E-state index < -0.39 is 0 Å². The largest absolute Gasteiger partial charge is 0.454 e. The second-order valence-corrected chi connectivity index (χ2v) is 7.91.